The summed E-state index contributed by atoms with van der Waals surface area (Å²) < 4.78 is 5.45. The number of hydrogen-bond acceptors (Lipinski definition) is 7. The van der Waals surface area contributed by atoms with Gasteiger partial charge in [0.05, 0.1) is 18.8 Å². The molecule has 3 heterocycles. The van der Waals surface area contributed by atoms with E-state index in [4.69, 9.17) is 9.72 Å². The summed E-state index contributed by atoms with van der Waals surface area (Å²) in [5.41, 5.74) is 9.61. The van der Waals surface area contributed by atoms with Gasteiger partial charge in [0, 0.05) is 44.4 Å². The van der Waals surface area contributed by atoms with E-state index < -0.39 is 0 Å². The van der Waals surface area contributed by atoms with Crippen LogP contribution in [0.5, 0.6) is 5.75 Å². The van der Waals surface area contributed by atoms with Crippen LogP contribution in [0, 0.1) is 5.92 Å². The second kappa shape index (κ2) is 9.27. The number of nitrogens with zero attached hydrogens (tertiary/aromatic N) is 4. The predicted octanol–water partition coefficient (Wildman–Crippen LogP) is 2.92. The Balaban J connectivity index is 1.50. The number of methoxy groups -OCH3 is 1. The fraction of sp³-hybridized carbons (Fsp3) is 0.560. The Morgan fingerprint density at radius 3 is 2.82 bits per heavy atom. The van der Waals surface area contributed by atoms with E-state index in [0.717, 1.165) is 54.8 Å². The maximum absolute atomic E-state index is 13.8. The van der Waals surface area contributed by atoms with Crippen molar-refractivity contribution in [3.05, 3.63) is 36.2 Å². The summed E-state index contributed by atoms with van der Waals surface area (Å²) in [5, 5.41) is 0. The third-order valence-corrected chi connectivity index (χ3v) is 7.38. The normalized spacial score (nSPS) is 26.8. The summed E-state index contributed by atoms with van der Waals surface area (Å²) in [5.74, 6) is 2.01. The van der Waals surface area contributed by atoms with Crippen molar-refractivity contribution in [1.29, 1.82) is 0 Å². The average molecular weight is 451 g/mol. The zero-order valence-corrected chi connectivity index (χ0v) is 19.8. The number of ether oxygens (including phenoxy) is 1. The van der Waals surface area contributed by atoms with Gasteiger partial charge in [0.1, 0.15) is 11.8 Å². The molecule has 3 aliphatic rings. The van der Waals surface area contributed by atoms with E-state index in [-0.39, 0.29) is 18.0 Å². The van der Waals surface area contributed by atoms with Crippen molar-refractivity contribution in [3.8, 4) is 16.9 Å². The molecule has 1 aliphatic carbocycles. The van der Waals surface area contributed by atoms with E-state index in [2.05, 4.69) is 26.8 Å². The highest BCUT2D eigenvalue weighted by atomic mass is 16.5. The Kier molecular flexibility index (Phi) is 6.21. The van der Waals surface area contributed by atoms with Crippen molar-refractivity contribution in [2.24, 2.45) is 5.92 Å². The van der Waals surface area contributed by atoms with E-state index in [1.165, 1.54) is 12.8 Å². The number of carbonyl (C=O) groups excluding carboxylic acids is 1. The summed E-state index contributed by atoms with van der Waals surface area (Å²) >= 11 is 0. The number of amides is 1. The molecule has 176 valence electrons. The quantitative estimate of drug-likeness (QED) is 0.725. The molecule has 3 fully saturated rings. The van der Waals surface area contributed by atoms with E-state index in [1.54, 1.807) is 7.11 Å². The molecule has 8 heteroatoms. The highest BCUT2D eigenvalue weighted by Crippen LogP contribution is 2.39. The van der Waals surface area contributed by atoms with Crippen molar-refractivity contribution in [2.75, 3.05) is 32.6 Å². The maximum Gasteiger partial charge on any atom is 0.241 e. The molecule has 4 atom stereocenters. The highest BCUT2D eigenvalue weighted by molar-refractivity contribution is 5.84. The molecule has 2 saturated heterocycles. The van der Waals surface area contributed by atoms with Crippen molar-refractivity contribution < 1.29 is 9.53 Å². The van der Waals surface area contributed by atoms with E-state index in [9.17, 15) is 4.79 Å². The molecule has 33 heavy (non-hydrogen) atoms. The number of anilines is 1. The van der Waals surface area contributed by atoms with Crippen LogP contribution < -0.4 is 20.5 Å². The number of rotatable bonds is 5. The molecule has 1 saturated carbocycles. The minimum absolute atomic E-state index is 0.0650. The van der Waals surface area contributed by atoms with E-state index in [0.29, 0.717) is 17.9 Å². The van der Waals surface area contributed by atoms with Crippen LogP contribution in [0.25, 0.3) is 11.1 Å². The van der Waals surface area contributed by atoms with Gasteiger partial charge in [-0.15, -0.1) is 0 Å². The number of hydrogen-bond donors (Lipinski definition) is 2. The van der Waals surface area contributed by atoms with Crippen LogP contribution in [-0.2, 0) is 4.79 Å². The minimum Gasteiger partial charge on any atom is -0.497 e. The lowest BCUT2D eigenvalue weighted by Gasteiger charge is -2.32. The topological polar surface area (TPSA) is 82.6 Å². The molecule has 0 radical (unpaired) electrons. The van der Waals surface area contributed by atoms with Crippen LogP contribution >= 0.6 is 0 Å². The average Bonchev–Trinajstić information content (AvgIpc) is 3.51. The fourth-order valence-corrected chi connectivity index (χ4v) is 5.65. The van der Waals surface area contributed by atoms with Gasteiger partial charge in [0.25, 0.3) is 0 Å². The number of fused-ring (bicyclic) bond motifs is 1. The standard InChI is InChI=1S/C25H34N6O2/c1-30(2)25-26-15-19(16-8-6-9-17(14-16)33-3)22(27-25)21-12-7-13-31(21)24(32)23-18-10-4-5-11-20(18)28-29-23/h6,8-9,14-15,18,20-21,23,28-29H,4-5,7,10-13H2,1-3H3. The lowest BCUT2D eigenvalue weighted by molar-refractivity contribution is -0.135. The molecular formula is C25H34N6O2. The first kappa shape index (κ1) is 22.1. The summed E-state index contributed by atoms with van der Waals surface area (Å²) in [7, 11) is 5.56. The molecule has 1 aromatic carbocycles. The molecule has 1 amide bonds. The van der Waals surface area contributed by atoms with Crippen LogP contribution in [0.3, 0.4) is 0 Å². The Morgan fingerprint density at radius 1 is 1.15 bits per heavy atom. The molecule has 2 aromatic rings. The van der Waals surface area contributed by atoms with Gasteiger partial charge in [0.15, 0.2) is 0 Å². The molecule has 0 spiro atoms. The van der Waals surface area contributed by atoms with Crippen LogP contribution in [-0.4, -0.2) is 60.6 Å². The number of hydrazine groups is 1. The number of carbonyl (C=O) groups is 1. The molecule has 0 bridgehead atoms. The van der Waals surface area contributed by atoms with Crippen LogP contribution in [0.1, 0.15) is 50.3 Å². The number of likely N-dealkylation sites (tertiary alicyclic amines) is 1. The van der Waals surface area contributed by atoms with Gasteiger partial charge in [-0.25, -0.2) is 15.4 Å². The highest BCUT2D eigenvalue weighted by Gasteiger charge is 2.45. The Morgan fingerprint density at radius 2 is 2.00 bits per heavy atom. The van der Waals surface area contributed by atoms with Crippen LogP contribution in [0.15, 0.2) is 30.5 Å². The Bertz CT molecular complexity index is 1010. The van der Waals surface area contributed by atoms with Gasteiger partial charge in [-0.05, 0) is 43.4 Å². The second-order valence-corrected chi connectivity index (χ2v) is 9.61. The van der Waals surface area contributed by atoms with E-state index >= 15 is 0 Å². The SMILES string of the molecule is COc1cccc(-c2cnc(N(C)C)nc2C2CCCN2C(=O)C2NNC3CCCCC32)c1. The van der Waals surface area contributed by atoms with Gasteiger partial charge >= 0.3 is 0 Å². The van der Waals surface area contributed by atoms with Crippen molar-refractivity contribution >= 4 is 11.9 Å². The second-order valence-electron chi connectivity index (χ2n) is 9.61. The third kappa shape index (κ3) is 4.17. The first-order valence-electron chi connectivity index (χ1n) is 12.1. The van der Waals surface area contributed by atoms with Crippen molar-refractivity contribution in [2.45, 2.75) is 56.7 Å². The van der Waals surface area contributed by atoms with Gasteiger partial charge in [-0.1, -0.05) is 25.0 Å². The maximum atomic E-state index is 13.8. The van der Waals surface area contributed by atoms with Gasteiger partial charge in [0.2, 0.25) is 11.9 Å². The molecule has 2 N–H and O–H groups in total. The van der Waals surface area contributed by atoms with Gasteiger partial charge in [-0.2, -0.15) is 0 Å². The first-order chi connectivity index (χ1) is 16.1. The predicted molar refractivity (Wildman–Crippen MR) is 128 cm³/mol. The summed E-state index contributed by atoms with van der Waals surface area (Å²) in [6.07, 6.45) is 8.46. The summed E-state index contributed by atoms with van der Waals surface area (Å²) in [6, 6.07) is 8.15. The van der Waals surface area contributed by atoms with E-state index in [1.807, 2.05) is 43.4 Å². The Hall–Kier alpha value is -2.71. The number of benzene rings is 1. The monoisotopic (exact) mass is 450 g/mol. The van der Waals surface area contributed by atoms with Gasteiger partial charge < -0.3 is 14.5 Å². The number of aromatic nitrogens is 2. The largest absolute Gasteiger partial charge is 0.497 e. The third-order valence-electron chi connectivity index (χ3n) is 7.38. The molecule has 2 aliphatic heterocycles. The van der Waals surface area contributed by atoms with Crippen molar-refractivity contribution in [1.82, 2.24) is 25.7 Å². The van der Waals surface area contributed by atoms with Gasteiger partial charge in [-0.3, -0.25) is 10.2 Å². The summed E-state index contributed by atoms with van der Waals surface area (Å²) in [6.45, 7) is 0.762. The number of nitrogens with one attached hydrogen (secondary N) is 2. The molecule has 4 unspecified atom stereocenters. The molecule has 5 rings (SSSR count). The minimum atomic E-state index is -0.161. The molecule has 1 aromatic heterocycles. The fourth-order valence-electron chi connectivity index (χ4n) is 5.65. The van der Waals surface area contributed by atoms with Crippen LogP contribution in [0.4, 0.5) is 5.95 Å². The first-order valence-corrected chi connectivity index (χ1v) is 12.1. The zero-order valence-electron chi connectivity index (χ0n) is 19.8. The summed E-state index contributed by atoms with van der Waals surface area (Å²) in [4.78, 5) is 27.3. The van der Waals surface area contributed by atoms with Crippen molar-refractivity contribution in [3.63, 3.8) is 0 Å². The Labute approximate surface area is 195 Å². The molecule has 8 nitrogen and oxygen atoms in total. The molecular weight excluding hydrogens is 416 g/mol. The zero-order chi connectivity index (χ0) is 22.9. The smallest absolute Gasteiger partial charge is 0.241 e. The van der Waals surface area contributed by atoms with Crippen LogP contribution in [0.2, 0.25) is 0 Å². The lowest BCUT2D eigenvalue weighted by atomic mass is 9.81. The lowest BCUT2D eigenvalue weighted by Crippen LogP contribution is -2.47.